The number of rotatable bonds is 10. The molecule has 204 valence electrons. The van der Waals surface area contributed by atoms with Crippen molar-refractivity contribution in [3.05, 3.63) is 76.6 Å². The summed E-state index contributed by atoms with van der Waals surface area (Å²) >= 11 is 0. The van der Waals surface area contributed by atoms with Gasteiger partial charge in [0.05, 0.1) is 12.4 Å². The lowest BCUT2D eigenvalue weighted by atomic mass is 9.86. The van der Waals surface area contributed by atoms with Crippen molar-refractivity contribution in [2.45, 2.75) is 64.9 Å². The van der Waals surface area contributed by atoms with Crippen LogP contribution < -0.4 is 11.0 Å². The Morgan fingerprint density at radius 3 is 2.68 bits per heavy atom. The number of aromatic hydroxyl groups is 1. The molecule has 3 N–H and O–H groups in total. The Balaban J connectivity index is 1.73. The Bertz CT molecular complexity index is 1220. The average molecular weight is 537 g/mol. The molecule has 0 aromatic heterocycles. The Kier molecular flexibility index (Phi) is 10.0. The number of alkyl halides is 1. The van der Waals surface area contributed by atoms with Gasteiger partial charge in [-0.2, -0.15) is 0 Å². The van der Waals surface area contributed by atoms with Crippen LogP contribution in [0, 0.1) is 0 Å². The fourth-order valence-corrected chi connectivity index (χ4v) is 6.13. The number of nitrogen functional groups attached to an aromatic ring is 1. The number of likely N-dealkylation sites (tertiary alicyclic amines) is 1. The number of aryl methyl sites for hydroxylation is 1. The molecule has 1 aliphatic carbocycles. The van der Waals surface area contributed by atoms with Gasteiger partial charge < -0.3 is 15.6 Å². The molecule has 4 nitrogen and oxygen atoms in total. The van der Waals surface area contributed by atoms with Gasteiger partial charge in [-0.05, 0) is 108 Å². The molecule has 1 aliphatic heterocycles. The Morgan fingerprint density at radius 2 is 1.95 bits per heavy atom. The van der Waals surface area contributed by atoms with Gasteiger partial charge in [0.1, 0.15) is 11.9 Å². The summed E-state index contributed by atoms with van der Waals surface area (Å²) in [6, 6.07) is 11.9. The Labute approximate surface area is 229 Å². The third-order valence-electron chi connectivity index (χ3n) is 7.61. The lowest BCUT2D eigenvalue weighted by Crippen LogP contribution is -2.24. The summed E-state index contributed by atoms with van der Waals surface area (Å²) in [6.07, 6.45) is 10.7. The number of phenolic OH excluding ortho intramolecular Hbond substituents is 1. The molecule has 0 spiro atoms. The number of hydrogen-bond donors (Lipinski definition) is 2. The third-order valence-corrected chi connectivity index (χ3v) is 8.09. The predicted octanol–water partition coefficient (Wildman–Crippen LogP) is 6.80. The minimum absolute atomic E-state index is 0.157. The highest BCUT2D eigenvalue weighted by Gasteiger charge is 2.24. The lowest BCUT2D eigenvalue weighted by Gasteiger charge is -2.20. The fraction of sp³-hybridized carbons (Fsp3) is 0.438. The Morgan fingerprint density at radius 1 is 1.13 bits per heavy atom. The first-order valence-corrected chi connectivity index (χ1v) is 14.6. The second-order valence-electron chi connectivity index (χ2n) is 10.3. The highest BCUT2D eigenvalue weighted by atomic mass is 31.0. The number of phenols is 1. The minimum Gasteiger partial charge on any atom is -0.508 e. The Hall–Kier alpha value is -2.62. The van der Waals surface area contributed by atoms with Crippen molar-refractivity contribution >= 4 is 31.4 Å². The molecule has 0 radical (unpaired) electrons. The molecule has 0 saturated carbocycles. The second kappa shape index (κ2) is 13.4. The number of benzene rings is 2. The highest BCUT2D eigenvalue weighted by Crippen LogP contribution is 2.42. The number of hydrogen-bond acceptors (Lipinski definition) is 4. The number of nitrogens with zero attached hydrogens (tertiary/aromatic N) is 1. The van der Waals surface area contributed by atoms with E-state index in [1.807, 2.05) is 18.2 Å². The molecule has 2 aromatic rings. The van der Waals surface area contributed by atoms with Crippen LogP contribution >= 0.6 is 9.24 Å². The summed E-state index contributed by atoms with van der Waals surface area (Å²) in [5, 5.41) is 11.3. The van der Waals surface area contributed by atoms with E-state index in [0.29, 0.717) is 12.2 Å². The number of halogens is 1. The summed E-state index contributed by atoms with van der Waals surface area (Å²) in [6.45, 7) is 6.70. The first kappa shape index (κ1) is 28.4. The maximum atomic E-state index is 12.6. The fourth-order valence-electron chi connectivity index (χ4n) is 5.67. The van der Waals surface area contributed by atoms with Crippen molar-refractivity contribution in [1.29, 1.82) is 0 Å². The second-order valence-corrected chi connectivity index (χ2v) is 10.9. The normalized spacial score (nSPS) is 19.0. The van der Waals surface area contributed by atoms with E-state index in [1.54, 1.807) is 6.07 Å². The van der Waals surface area contributed by atoms with Crippen molar-refractivity contribution < 1.29 is 14.2 Å². The number of fused-ring (bicyclic) bond motifs is 1. The van der Waals surface area contributed by atoms with Crippen molar-refractivity contribution in [2.24, 2.45) is 0 Å². The summed E-state index contributed by atoms with van der Waals surface area (Å²) in [5.74, 6) is 1.29. The number of nitrogens with two attached hydrogens (primary N) is 1. The lowest BCUT2D eigenvalue weighted by molar-refractivity contribution is 0.115. The number of ether oxygens (including phenoxy) is 1. The zero-order chi connectivity index (χ0) is 27.1. The van der Waals surface area contributed by atoms with Crippen LogP contribution in [0.5, 0.6) is 5.75 Å². The quantitative estimate of drug-likeness (QED) is 0.152. The first-order chi connectivity index (χ1) is 18.4. The molecule has 2 aromatic carbocycles. The van der Waals surface area contributed by atoms with Crippen LogP contribution in [-0.4, -0.2) is 42.4 Å². The molecule has 38 heavy (non-hydrogen) atoms. The molecule has 0 bridgehead atoms. The van der Waals surface area contributed by atoms with Crippen molar-refractivity contribution in [3.8, 4) is 5.75 Å². The van der Waals surface area contributed by atoms with E-state index in [9.17, 15) is 9.50 Å². The van der Waals surface area contributed by atoms with Crippen molar-refractivity contribution in [3.63, 3.8) is 0 Å². The van der Waals surface area contributed by atoms with Crippen LogP contribution in [0.4, 0.5) is 10.1 Å². The monoisotopic (exact) mass is 536 g/mol. The zero-order valence-corrected chi connectivity index (χ0v) is 24.0. The summed E-state index contributed by atoms with van der Waals surface area (Å²) in [5.41, 5.74) is 14.2. The van der Waals surface area contributed by atoms with Gasteiger partial charge in [-0.25, -0.2) is 0 Å². The predicted molar refractivity (Wildman–Crippen MR) is 161 cm³/mol. The van der Waals surface area contributed by atoms with Gasteiger partial charge in [-0.1, -0.05) is 32.1 Å². The van der Waals surface area contributed by atoms with Gasteiger partial charge >= 0.3 is 0 Å². The maximum absolute atomic E-state index is 12.6. The van der Waals surface area contributed by atoms with E-state index in [2.05, 4.69) is 52.3 Å². The summed E-state index contributed by atoms with van der Waals surface area (Å²) < 4.78 is 19.0. The highest BCUT2D eigenvalue weighted by molar-refractivity contribution is 7.27. The molecule has 2 atom stereocenters. The number of anilines is 1. The van der Waals surface area contributed by atoms with Crippen LogP contribution in [0.3, 0.4) is 0 Å². The van der Waals surface area contributed by atoms with Gasteiger partial charge in [0.25, 0.3) is 0 Å². The van der Waals surface area contributed by atoms with E-state index in [4.69, 9.17) is 10.5 Å². The van der Waals surface area contributed by atoms with Crippen molar-refractivity contribution in [2.75, 3.05) is 32.0 Å². The van der Waals surface area contributed by atoms with Crippen LogP contribution in [-0.2, 0) is 11.2 Å². The maximum Gasteiger partial charge on any atom is 0.115 e. The molecule has 1 heterocycles. The van der Waals surface area contributed by atoms with E-state index in [1.165, 1.54) is 33.4 Å². The van der Waals surface area contributed by atoms with E-state index in [-0.39, 0.29) is 12.8 Å². The largest absolute Gasteiger partial charge is 0.508 e. The molecular weight excluding hydrogens is 494 g/mol. The topological polar surface area (TPSA) is 58.7 Å². The van der Waals surface area contributed by atoms with Gasteiger partial charge in [0.15, 0.2) is 0 Å². The summed E-state index contributed by atoms with van der Waals surface area (Å²) in [4.78, 5) is 2.30. The van der Waals surface area contributed by atoms with Gasteiger partial charge in [-0.3, -0.25) is 9.29 Å². The zero-order valence-electron chi connectivity index (χ0n) is 22.8. The summed E-state index contributed by atoms with van der Waals surface area (Å²) in [7, 11) is 2.86. The molecule has 1 saturated heterocycles. The van der Waals surface area contributed by atoms with Crippen molar-refractivity contribution in [1.82, 2.24) is 4.90 Å². The molecule has 1 fully saturated rings. The molecule has 2 aliphatic rings. The third kappa shape index (κ3) is 6.87. The first-order valence-electron chi connectivity index (χ1n) is 14.0. The molecule has 6 heteroatoms. The molecular formula is C32H42FN2O2P. The van der Waals surface area contributed by atoms with E-state index >= 15 is 0 Å². The molecule has 4 rings (SSSR count). The van der Waals surface area contributed by atoms with Crippen LogP contribution in [0.2, 0.25) is 0 Å². The standard InChI is InChI=1S/C32H42FN2O2P/c1-3-22(9-12-26(4-2)37-27-15-18-35(21-27)17-6-16-33)32-28-14-11-25(36)19-23(28)7-5-8-30(32)29-13-10-24(34)20-31(29)38/h9-14,19-20,27,36H,3-8,15-18,21,34,38H2,1-2H3/b22-9+,26-12+/t27-/m0/s1. The molecule has 0 amide bonds. The van der Waals surface area contributed by atoms with Crippen LogP contribution in [0.15, 0.2) is 59.9 Å². The molecule has 1 unspecified atom stereocenters. The smallest absolute Gasteiger partial charge is 0.115 e. The number of allylic oxidation sites excluding steroid dienone is 6. The van der Waals surface area contributed by atoms with Gasteiger partial charge in [0.2, 0.25) is 0 Å². The van der Waals surface area contributed by atoms with E-state index in [0.717, 1.165) is 74.9 Å². The SMILES string of the molecule is CC/C(=C\C=C(/CC)C1=C(c2ccc(N)cc2P)CCCc2cc(O)ccc21)O[C@H]1CCN(CCCF)C1. The van der Waals surface area contributed by atoms with Crippen LogP contribution in [0.1, 0.15) is 69.1 Å². The minimum atomic E-state index is -0.262. The van der Waals surface area contributed by atoms with Gasteiger partial charge in [0, 0.05) is 31.7 Å². The van der Waals surface area contributed by atoms with E-state index < -0.39 is 0 Å². The van der Waals surface area contributed by atoms with Crippen LogP contribution in [0.25, 0.3) is 11.1 Å². The average Bonchev–Trinajstić information content (AvgIpc) is 3.27. The van der Waals surface area contributed by atoms with Gasteiger partial charge in [-0.15, -0.1) is 9.24 Å².